The molecule has 0 aliphatic carbocycles. The van der Waals surface area contributed by atoms with E-state index in [1.807, 2.05) is 37.1 Å². The Morgan fingerprint density at radius 2 is 2.22 bits per heavy atom. The first-order valence-electron chi connectivity index (χ1n) is 5.88. The van der Waals surface area contributed by atoms with Crippen LogP contribution >= 0.6 is 22.6 Å². The Bertz CT molecular complexity index is 410. The normalized spacial score (nSPS) is 10.7. The number of carbonyl (C=O) groups is 1. The van der Waals surface area contributed by atoms with E-state index in [1.54, 1.807) is 0 Å². The Balaban J connectivity index is 2.49. The second kappa shape index (κ2) is 7.70. The molecule has 0 bridgehead atoms. The maximum absolute atomic E-state index is 11.8. The lowest BCUT2D eigenvalue weighted by atomic mass is 10.2. The minimum absolute atomic E-state index is 0.0280. The highest BCUT2D eigenvalue weighted by molar-refractivity contribution is 14.1. The van der Waals surface area contributed by atoms with Crippen molar-refractivity contribution in [2.24, 2.45) is 0 Å². The molecule has 0 aliphatic heterocycles. The molecule has 0 saturated carbocycles. The van der Waals surface area contributed by atoms with Gasteiger partial charge in [0, 0.05) is 22.4 Å². The zero-order chi connectivity index (χ0) is 13.5. The van der Waals surface area contributed by atoms with Gasteiger partial charge in [-0.05, 0) is 66.7 Å². The van der Waals surface area contributed by atoms with E-state index < -0.39 is 0 Å². The highest BCUT2D eigenvalue weighted by atomic mass is 127. The first kappa shape index (κ1) is 15.4. The van der Waals surface area contributed by atoms with Gasteiger partial charge in [0.2, 0.25) is 5.91 Å². The van der Waals surface area contributed by atoms with Gasteiger partial charge in [0.15, 0.2) is 0 Å². The number of nitrogens with one attached hydrogen (secondary N) is 1. The number of aryl methyl sites for hydroxylation is 1. The van der Waals surface area contributed by atoms with Crippen molar-refractivity contribution in [3.05, 3.63) is 27.3 Å². The van der Waals surface area contributed by atoms with Gasteiger partial charge < -0.3 is 10.4 Å². The molecule has 2 N–H and O–H groups in total. The van der Waals surface area contributed by atoms with Crippen molar-refractivity contribution in [2.75, 3.05) is 32.1 Å². The molecule has 0 atom stereocenters. The first-order valence-corrected chi connectivity index (χ1v) is 6.96. The van der Waals surface area contributed by atoms with Crippen LogP contribution in [0.4, 0.5) is 5.69 Å². The van der Waals surface area contributed by atoms with E-state index in [2.05, 4.69) is 27.9 Å². The molecule has 0 saturated heterocycles. The molecular weight excluding hydrogens is 343 g/mol. The third-order valence-electron chi connectivity index (χ3n) is 2.57. The molecule has 0 spiro atoms. The summed E-state index contributed by atoms with van der Waals surface area (Å²) >= 11 is 2.25. The van der Waals surface area contributed by atoms with Gasteiger partial charge in [0.05, 0.1) is 6.54 Å². The predicted octanol–water partition coefficient (Wildman–Crippen LogP) is 1.85. The number of likely N-dealkylation sites (N-methyl/N-ethyl adjacent to an activating group) is 1. The number of rotatable bonds is 6. The van der Waals surface area contributed by atoms with Crippen LogP contribution in [0, 0.1) is 10.5 Å². The summed E-state index contributed by atoms with van der Waals surface area (Å²) in [4.78, 5) is 13.7. The number of halogens is 1. The summed E-state index contributed by atoms with van der Waals surface area (Å²) in [7, 11) is 1.87. The van der Waals surface area contributed by atoms with Crippen LogP contribution in [0.1, 0.15) is 12.0 Å². The minimum atomic E-state index is -0.0280. The zero-order valence-electron chi connectivity index (χ0n) is 10.7. The third kappa shape index (κ3) is 5.32. The molecule has 0 aliphatic rings. The molecule has 5 heteroatoms. The van der Waals surface area contributed by atoms with Gasteiger partial charge in [-0.15, -0.1) is 0 Å². The van der Waals surface area contributed by atoms with Crippen molar-refractivity contribution in [1.29, 1.82) is 0 Å². The highest BCUT2D eigenvalue weighted by Crippen LogP contribution is 2.17. The number of benzene rings is 1. The summed E-state index contributed by atoms with van der Waals surface area (Å²) in [5, 5.41) is 11.6. The van der Waals surface area contributed by atoms with Gasteiger partial charge in [-0.3, -0.25) is 9.69 Å². The van der Waals surface area contributed by atoms with Crippen molar-refractivity contribution < 1.29 is 9.90 Å². The number of aliphatic hydroxyl groups excluding tert-OH is 1. The van der Waals surface area contributed by atoms with Gasteiger partial charge in [0.1, 0.15) is 0 Å². The second-order valence-corrected chi connectivity index (χ2v) is 5.57. The molecule has 1 aromatic rings. The van der Waals surface area contributed by atoms with Crippen LogP contribution < -0.4 is 5.32 Å². The highest BCUT2D eigenvalue weighted by Gasteiger charge is 2.08. The molecule has 0 unspecified atom stereocenters. The van der Waals surface area contributed by atoms with Crippen LogP contribution in [-0.2, 0) is 4.79 Å². The van der Waals surface area contributed by atoms with Crippen molar-refractivity contribution >= 4 is 34.2 Å². The monoisotopic (exact) mass is 362 g/mol. The quantitative estimate of drug-likeness (QED) is 0.760. The molecule has 0 aromatic heterocycles. The lowest BCUT2D eigenvalue weighted by Gasteiger charge is -2.16. The van der Waals surface area contributed by atoms with E-state index in [-0.39, 0.29) is 12.5 Å². The fourth-order valence-electron chi connectivity index (χ4n) is 1.62. The lowest BCUT2D eigenvalue weighted by molar-refractivity contribution is -0.117. The summed E-state index contributed by atoms with van der Waals surface area (Å²) in [6.07, 6.45) is 0.687. The van der Waals surface area contributed by atoms with Gasteiger partial charge in [0.25, 0.3) is 0 Å². The van der Waals surface area contributed by atoms with E-state index in [4.69, 9.17) is 5.11 Å². The fourth-order valence-corrected chi connectivity index (χ4v) is 2.27. The molecule has 18 heavy (non-hydrogen) atoms. The molecule has 1 amide bonds. The summed E-state index contributed by atoms with van der Waals surface area (Å²) in [6, 6.07) is 5.92. The topological polar surface area (TPSA) is 52.6 Å². The fraction of sp³-hybridized carbons (Fsp3) is 0.462. The summed E-state index contributed by atoms with van der Waals surface area (Å²) in [6.45, 7) is 3.19. The van der Waals surface area contributed by atoms with Gasteiger partial charge in [-0.1, -0.05) is 0 Å². The number of carbonyl (C=O) groups excluding carboxylic acids is 1. The van der Waals surface area contributed by atoms with Crippen LogP contribution in [0.5, 0.6) is 0 Å². The van der Waals surface area contributed by atoms with E-state index in [0.717, 1.165) is 21.4 Å². The lowest BCUT2D eigenvalue weighted by Crippen LogP contribution is -2.31. The summed E-state index contributed by atoms with van der Waals surface area (Å²) < 4.78 is 1.16. The van der Waals surface area contributed by atoms with Crippen LogP contribution in [-0.4, -0.2) is 42.7 Å². The van der Waals surface area contributed by atoms with Crippen LogP contribution in [0.25, 0.3) is 0 Å². The molecular formula is C13H19IN2O2. The molecule has 0 heterocycles. The Kier molecular flexibility index (Phi) is 6.59. The number of aliphatic hydroxyl groups is 1. The molecule has 1 aromatic carbocycles. The molecule has 4 nitrogen and oxygen atoms in total. The Labute approximate surface area is 122 Å². The molecule has 1 rings (SSSR count). The molecule has 100 valence electrons. The van der Waals surface area contributed by atoms with E-state index >= 15 is 0 Å². The van der Waals surface area contributed by atoms with Gasteiger partial charge >= 0.3 is 0 Å². The molecule has 0 fully saturated rings. The van der Waals surface area contributed by atoms with Crippen LogP contribution in [0.2, 0.25) is 0 Å². The largest absolute Gasteiger partial charge is 0.396 e. The summed E-state index contributed by atoms with van der Waals surface area (Å²) in [5.74, 6) is -0.0280. The van der Waals surface area contributed by atoms with E-state index in [0.29, 0.717) is 13.0 Å². The maximum Gasteiger partial charge on any atom is 0.238 e. The number of hydrogen-bond acceptors (Lipinski definition) is 3. The standard InChI is InChI=1S/C13H19IN2O2/c1-10-8-11(14)4-5-12(10)15-13(18)9-16(2)6-3-7-17/h4-5,8,17H,3,6-7,9H2,1-2H3,(H,15,18). The number of amides is 1. The number of anilines is 1. The SMILES string of the molecule is Cc1cc(I)ccc1NC(=O)CN(C)CCCO. The minimum Gasteiger partial charge on any atom is -0.396 e. The zero-order valence-corrected chi connectivity index (χ0v) is 12.9. The van der Waals surface area contributed by atoms with Crippen LogP contribution in [0.3, 0.4) is 0 Å². The van der Waals surface area contributed by atoms with Crippen molar-refractivity contribution in [2.45, 2.75) is 13.3 Å². The second-order valence-electron chi connectivity index (χ2n) is 4.32. The average molecular weight is 362 g/mol. The Morgan fingerprint density at radius 3 is 2.83 bits per heavy atom. The first-order chi connectivity index (χ1) is 8.52. The Morgan fingerprint density at radius 1 is 1.50 bits per heavy atom. The van der Waals surface area contributed by atoms with E-state index in [9.17, 15) is 4.79 Å². The van der Waals surface area contributed by atoms with Gasteiger partial charge in [-0.25, -0.2) is 0 Å². The van der Waals surface area contributed by atoms with Gasteiger partial charge in [-0.2, -0.15) is 0 Å². The van der Waals surface area contributed by atoms with Crippen molar-refractivity contribution in [3.8, 4) is 0 Å². The Hall–Kier alpha value is -0.660. The summed E-state index contributed by atoms with van der Waals surface area (Å²) in [5.41, 5.74) is 1.92. The molecule has 0 radical (unpaired) electrons. The predicted molar refractivity (Wildman–Crippen MR) is 81.7 cm³/mol. The third-order valence-corrected chi connectivity index (χ3v) is 3.25. The van der Waals surface area contributed by atoms with Crippen molar-refractivity contribution in [1.82, 2.24) is 4.90 Å². The number of nitrogens with zero attached hydrogens (tertiary/aromatic N) is 1. The number of hydrogen-bond donors (Lipinski definition) is 2. The van der Waals surface area contributed by atoms with E-state index in [1.165, 1.54) is 0 Å². The average Bonchev–Trinajstić information content (AvgIpc) is 2.30. The maximum atomic E-state index is 11.8. The van der Waals surface area contributed by atoms with Crippen LogP contribution in [0.15, 0.2) is 18.2 Å². The van der Waals surface area contributed by atoms with Crippen molar-refractivity contribution in [3.63, 3.8) is 0 Å². The smallest absolute Gasteiger partial charge is 0.238 e.